The van der Waals surface area contributed by atoms with Crippen molar-refractivity contribution < 1.29 is 4.74 Å². The number of nitrogens with one attached hydrogen (secondary N) is 1. The third-order valence-corrected chi connectivity index (χ3v) is 4.05. The molecule has 1 aromatic rings. The number of anilines is 1. The minimum absolute atomic E-state index is 0.00900. The molecule has 2 rings (SSSR count). The Balaban J connectivity index is 2.09. The highest BCUT2D eigenvalue weighted by atomic mass is 16.5. The zero-order chi connectivity index (χ0) is 13.7. The standard InChI is InChI=1S/C15H21N3O/c1-3-15(4-2)10-12(7-9-19-15)18-13-6-5-8-17-14(13)11-16/h5-6,8,12,18H,3-4,7,9-10H2,1-2H3. The van der Waals surface area contributed by atoms with Gasteiger partial charge in [-0.3, -0.25) is 0 Å². The van der Waals surface area contributed by atoms with Crippen LogP contribution >= 0.6 is 0 Å². The quantitative estimate of drug-likeness (QED) is 0.902. The SMILES string of the molecule is CCC1(CC)CC(Nc2cccnc2C#N)CCO1. The number of ether oxygens (including phenoxy) is 1. The highest BCUT2D eigenvalue weighted by Crippen LogP contribution is 2.32. The normalized spacial score (nSPS) is 21.6. The van der Waals surface area contributed by atoms with Crippen LogP contribution in [0.15, 0.2) is 18.3 Å². The van der Waals surface area contributed by atoms with Gasteiger partial charge in [0.1, 0.15) is 6.07 Å². The van der Waals surface area contributed by atoms with E-state index in [2.05, 4.69) is 30.2 Å². The van der Waals surface area contributed by atoms with Crippen molar-refractivity contribution in [3.8, 4) is 6.07 Å². The number of nitriles is 1. The molecule has 0 amide bonds. The summed E-state index contributed by atoms with van der Waals surface area (Å²) in [5, 5.41) is 12.5. The molecule has 1 saturated heterocycles. The summed E-state index contributed by atoms with van der Waals surface area (Å²) in [6, 6.07) is 6.25. The molecular weight excluding hydrogens is 238 g/mol. The first-order valence-corrected chi connectivity index (χ1v) is 6.98. The van der Waals surface area contributed by atoms with E-state index in [1.807, 2.05) is 12.1 Å². The summed E-state index contributed by atoms with van der Waals surface area (Å²) in [6.07, 6.45) is 5.66. The third kappa shape index (κ3) is 3.05. The van der Waals surface area contributed by atoms with E-state index < -0.39 is 0 Å². The predicted molar refractivity (Wildman–Crippen MR) is 74.9 cm³/mol. The Kier molecular flexibility index (Phi) is 4.39. The minimum atomic E-state index is -0.00900. The third-order valence-electron chi connectivity index (χ3n) is 4.05. The average Bonchev–Trinajstić information content (AvgIpc) is 2.48. The van der Waals surface area contributed by atoms with E-state index in [1.54, 1.807) is 6.20 Å². The second kappa shape index (κ2) is 6.03. The van der Waals surface area contributed by atoms with Gasteiger partial charge in [0.2, 0.25) is 0 Å². The lowest BCUT2D eigenvalue weighted by atomic mass is 9.86. The molecule has 1 fully saturated rings. The van der Waals surface area contributed by atoms with Crippen molar-refractivity contribution in [2.45, 2.75) is 51.2 Å². The zero-order valence-electron chi connectivity index (χ0n) is 11.6. The van der Waals surface area contributed by atoms with Crippen LogP contribution in [0.2, 0.25) is 0 Å². The molecule has 102 valence electrons. The average molecular weight is 259 g/mol. The van der Waals surface area contributed by atoms with Crippen molar-refractivity contribution in [2.75, 3.05) is 11.9 Å². The lowest BCUT2D eigenvalue weighted by molar-refractivity contribution is -0.0864. The van der Waals surface area contributed by atoms with Crippen molar-refractivity contribution in [2.24, 2.45) is 0 Å². The molecule has 0 bridgehead atoms. The summed E-state index contributed by atoms with van der Waals surface area (Å²) in [6.45, 7) is 5.13. The highest BCUT2D eigenvalue weighted by Gasteiger charge is 2.34. The van der Waals surface area contributed by atoms with Gasteiger partial charge in [-0.1, -0.05) is 13.8 Å². The molecule has 1 unspecified atom stereocenters. The zero-order valence-corrected chi connectivity index (χ0v) is 11.6. The van der Waals surface area contributed by atoms with Crippen molar-refractivity contribution in [3.05, 3.63) is 24.0 Å². The largest absolute Gasteiger partial charge is 0.380 e. The van der Waals surface area contributed by atoms with Gasteiger partial charge in [0.15, 0.2) is 5.69 Å². The van der Waals surface area contributed by atoms with Crippen molar-refractivity contribution in [1.29, 1.82) is 5.26 Å². The van der Waals surface area contributed by atoms with Gasteiger partial charge in [-0.2, -0.15) is 5.26 Å². The predicted octanol–water partition coefficient (Wildman–Crippen LogP) is 3.10. The second-order valence-corrected chi connectivity index (χ2v) is 5.08. The molecule has 4 nitrogen and oxygen atoms in total. The number of hydrogen-bond donors (Lipinski definition) is 1. The van der Waals surface area contributed by atoms with E-state index in [4.69, 9.17) is 10.00 Å². The van der Waals surface area contributed by atoms with E-state index in [-0.39, 0.29) is 5.60 Å². The van der Waals surface area contributed by atoms with Gasteiger partial charge >= 0.3 is 0 Å². The molecule has 0 radical (unpaired) electrons. The Morgan fingerprint density at radius 1 is 1.53 bits per heavy atom. The molecule has 19 heavy (non-hydrogen) atoms. The monoisotopic (exact) mass is 259 g/mol. The Morgan fingerprint density at radius 2 is 2.32 bits per heavy atom. The first-order chi connectivity index (χ1) is 9.23. The van der Waals surface area contributed by atoms with E-state index in [0.29, 0.717) is 11.7 Å². The van der Waals surface area contributed by atoms with Gasteiger partial charge in [-0.25, -0.2) is 4.98 Å². The number of aromatic nitrogens is 1. The van der Waals surface area contributed by atoms with Crippen molar-refractivity contribution in [1.82, 2.24) is 4.98 Å². The van der Waals surface area contributed by atoms with Crippen LogP contribution in [-0.2, 0) is 4.74 Å². The van der Waals surface area contributed by atoms with Gasteiger partial charge in [0, 0.05) is 18.8 Å². The molecule has 4 heteroatoms. The molecule has 1 aromatic heterocycles. The first-order valence-electron chi connectivity index (χ1n) is 6.98. The molecule has 1 atom stereocenters. The summed E-state index contributed by atoms with van der Waals surface area (Å²) >= 11 is 0. The first kappa shape index (κ1) is 13.8. The van der Waals surface area contributed by atoms with Crippen LogP contribution in [0.5, 0.6) is 0 Å². The molecule has 2 heterocycles. The van der Waals surface area contributed by atoms with Crippen molar-refractivity contribution in [3.63, 3.8) is 0 Å². The smallest absolute Gasteiger partial charge is 0.163 e. The second-order valence-electron chi connectivity index (χ2n) is 5.08. The Morgan fingerprint density at radius 3 is 3.00 bits per heavy atom. The molecule has 0 spiro atoms. The lowest BCUT2D eigenvalue weighted by Crippen LogP contribution is -2.43. The summed E-state index contributed by atoms with van der Waals surface area (Å²) in [7, 11) is 0. The Bertz CT molecular complexity index is 463. The van der Waals surface area contributed by atoms with E-state index in [9.17, 15) is 0 Å². The lowest BCUT2D eigenvalue weighted by Gasteiger charge is -2.40. The molecular formula is C15H21N3O. The van der Waals surface area contributed by atoms with Crippen LogP contribution in [0.4, 0.5) is 5.69 Å². The molecule has 1 aliphatic rings. The minimum Gasteiger partial charge on any atom is -0.380 e. The Hall–Kier alpha value is -1.60. The van der Waals surface area contributed by atoms with Crippen LogP contribution in [0.1, 0.15) is 45.2 Å². The summed E-state index contributed by atoms with van der Waals surface area (Å²) < 4.78 is 5.97. The maximum Gasteiger partial charge on any atom is 0.163 e. The summed E-state index contributed by atoms with van der Waals surface area (Å²) in [5.74, 6) is 0. The van der Waals surface area contributed by atoms with Gasteiger partial charge in [-0.05, 0) is 37.8 Å². The van der Waals surface area contributed by atoms with Crippen LogP contribution in [0, 0.1) is 11.3 Å². The summed E-state index contributed by atoms with van der Waals surface area (Å²) in [4.78, 5) is 4.08. The number of rotatable bonds is 4. The van der Waals surface area contributed by atoms with Crippen LogP contribution in [0.3, 0.4) is 0 Å². The maximum atomic E-state index is 9.07. The fourth-order valence-corrected chi connectivity index (χ4v) is 2.72. The highest BCUT2D eigenvalue weighted by molar-refractivity contribution is 5.53. The van der Waals surface area contributed by atoms with Crippen LogP contribution in [0.25, 0.3) is 0 Å². The number of pyridine rings is 1. The topological polar surface area (TPSA) is 57.9 Å². The molecule has 1 aliphatic heterocycles. The summed E-state index contributed by atoms with van der Waals surface area (Å²) in [5.41, 5.74) is 1.29. The van der Waals surface area contributed by atoms with Gasteiger partial charge in [0.25, 0.3) is 0 Å². The van der Waals surface area contributed by atoms with Crippen LogP contribution < -0.4 is 5.32 Å². The molecule has 1 N–H and O–H groups in total. The number of hydrogen-bond acceptors (Lipinski definition) is 4. The molecule has 0 aromatic carbocycles. The molecule has 0 aliphatic carbocycles. The molecule has 0 saturated carbocycles. The van der Waals surface area contributed by atoms with Gasteiger partial charge in [-0.15, -0.1) is 0 Å². The van der Waals surface area contributed by atoms with E-state index >= 15 is 0 Å². The number of nitrogens with zero attached hydrogens (tertiary/aromatic N) is 2. The van der Waals surface area contributed by atoms with Crippen molar-refractivity contribution >= 4 is 5.69 Å². The van der Waals surface area contributed by atoms with E-state index in [1.165, 1.54) is 0 Å². The van der Waals surface area contributed by atoms with Crippen LogP contribution in [-0.4, -0.2) is 23.2 Å². The van der Waals surface area contributed by atoms with Gasteiger partial charge in [0.05, 0.1) is 11.3 Å². The fraction of sp³-hybridized carbons (Fsp3) is 0.600. The van der Waals surface area contributed by atoms with E-state index in [0.717, 1.165) is 38.0 Å². The maximum absolute atomic E-state index is 9.07. The fourth-order valence-electron chi connectivity index (χ4n) is 2.72. The Labute approximate surface area is 114 Å². The van der Waals surface area contributed by atoms with Gasteiger partial charge < -0.3 is 10.1 Å².